The molecule has 0 radical (unpaired) electrons. The Balaban J connectivity index is 3.15. The van der Waals surface area contributed by atoms with Crippen molar-refractivity contribution in [2.75, 3.05) is 13.2 Å². The lowest BCUT2D eigenvalue weighted by Gasteiger charge is -2.18. The van der Waals surface area contributed by atoms with Crippen molar-refractivity contribution in [1.29, 1.82) is 0 Å². The number of ketones is 1. The summed E-state index contributed by atoms with van der Waals surface area (Å²) in [6.07, 6.45) is 2.49. The third kappa shape index (κ3) is 2.51. The van der Waals surface area contributed by atoms with Gasteiger partial charge in [-0.15, -0.1) is 0 Å². The minimum atomic E-state index is -3.44. The van der Waals surface area contributed by atoms with E-state index in [0.717, 1.165) is 0 Å². The summed E-state index contributed by atoms with van der Waals surface area (Å²) in [5, 5.41) is 0.200. The first-order valence-electron chi connectivity index (χ1n) is 5.37. The molecule has 0 saturated carbocycles. The van der Waals surface area contributed by atoms with Gasteiger partial charge in [-0.3, -0.25) is 9.36 Å². The van der Waals surface area contributed by atoms with Crippen LogP contribution in [0, 0.1) is 0 Å². The second-order valence-corrected chi connectivity index (χ2v) is 5.29. The summed E-state index contributed by atoms with van der Waals surface area (Å²) in [5.41, 5.74) is 0.690. The van der Waals surface area contributed by atoms with Crippen LogP contribution in [0.3, 0.4) is 0 Å². The van der Waals surface area contributed by atoms with E-state index >= 15 is 0 Å². The van der Waals surface area contributed by atoms with E-state index in [-0.39, 0.29) is 24.3 Å². The summed E-state index contributed by atoms with van der Waals surface area (Å²) < 4.78 is 22.8. The number of carbonyl (C=O) groups is 1. The van der Waals surface area contributed by atoms with Crippen LogP contribution in [0.25, 0.3) is 0 Å². The second kappa shape index (κ2) is 5.58. The molecule has 0 fully saturated rings. The molecule has 90 valence electrons. The third-order valence-corrected chi connectivity index (χ3v) is 4.59. The smallest absolute Gasteiger partial charge is 0.305 e. The molecule has 4 nitrogen and oxygen atoms in total. The summed E-state index contributed by atoms with van der Waals surface area (Å²) in [7, 11) is -3.44. The van der Waals surface area contributed by atoms with Crippen molar-refractivity contribution in [3.05, 3.63) is 23.5 Å². The Kier molecular flexibility index (Phi) is 4.66. The third-order valence-electron chi connectivity index (χ3n) is 2.31. The average Bonchev–Trinajstić information content (AvgIpc) is 2.60. The fraction of sp³-hybridized carbons (Fsp3) is 0.545. The van der Waals surface area contributed by atoms with Gasteiger partial charge in [0.15, 0.2) is 5.78 Å². The van der Waals surface area contributed by atoms with Gasteiger partial charge in [0.2, 0.25) is 0 Å². The average molecular weight is 244 g/mol. The van der Waals surface area contributed by atoms with Crippen molar-refractivity contribution >= 4 is 13.4 Å². The molecule has 5 heteroatoms. The molecule has 0 amide bonds. The van der Waals surface area contributed by atoms with Gasteiger partial charge in [0.05, 0.1) is 13.2 Å². The largest absolute Gasteiger partial charge is 0.365 e. The van der Waals surface area contributed by atoms with E-state index in [1.165, 1.54) is 0 Å². The first-order chi connectivity index (χ1) is 7.59. The summed E-state index contributed by atoms with van der Waals surface area (Å²) in [4.78, 5) is 11.7. The van der Waals surface area contributed by atoms with E-state index in [1.807, 2.05) is 0 Å². The van der Waals surface area contributed by atoms with Crippen molar-refractivity contribution in [2.45, 2.75) is 26.7 Å². The molecule has 1 aliphatic rings. The van der Waals surface area contributed by atoms with Gasteiger partial charge in [0.1, 0.15) is 5.31 Å². The zero-order valence-electron chi connectivity index (χ0n) is 9.69. The molecule has 0 N–H and O–H groups in total. The maximum absolute atomic E-state index is 12.4. The van der Waals surface area contributed by atoms with Crippen molar-refractivity contribution < 1.29 is 18.4 Å². The van der Waals surface area contributed by atoms with Gasteiger partial charge < -0.3 is 9.05 Å². The molecule has 16 heavy (non-hydrogen) atoms. The van der Waals surface area contributed by atoms with Crippen LogP contribution in [0.5, 0.6) is 0 Å². The molecule has 0 aromatic heterocycles. The fourth-order valence-corrected chi connectivity index (χ4v) is 3.68. The van der Waals surface area contributed by atoms with E-state index in [2.05, 4.69) is 6.58 Å². The normalized spacial score (nSPS) is 17.0. The number of allylic oxidation sites excluding steroid dienone is 3. The number of rotatable bonds is 6. The van der Waals surface area contributed by atoms with Crippen molar-refractivity contribution in [2.24, 2.45) is 0 Å². The van der Waals surface area contributed by atoms with E-state index in [1.54, 1.807) is 19.9 Å². The Morgan fingerprint density at radius 3 is 2.31 bits per heavy atom. The molecule has 1 aliphatic carbocycles. The molecule has 0 spiro atoms. The molecule has 0 unspecified atom stereocenters. The van der Waals surface area contributed by atoms with Gasteiger partial charge in [0, 0.05) is 6.42 Å². The quantitative estimate of drug-likeness (QED) is 0.674. The molecule has 1 rings (SSSR count). The molecule has 0 atom stereocenters. The van der Waals surface area contributed by atoms with Gasteiger partial charge >= 0.3 is 7.60 Å². The summed E-state index contributed by atoms with van der Waals surface area (Å²) in [6, 6.07) is 0. The van der Waals surface area contributed by atoms with Crippen LogP contribution >= 0.6 is 7.60 Å². The lowest BCUT2D eigenvalue weighted by atomic mass is 10.2. The van der Waals surface area contributed by atoms with Gasteiger partial charge in [-0.1, -0.05) is 12.7 Å². The number of carbonyl (C=O) groups excluding carboxylic acids is 1. The minimum Gasteiger partial charge on any atom is -0.305 e. The SMILES string of the molecule is C=CC1=C(P(=O)(OCC)OCC)C(=O)CC1. The Bertz CT molecular complexity index is 360. The van der Waals surface area contributed by atoms with Crippen molar-refractivity contribution in [3.8, 4) is 0 Å². The first-order valence-corrected chi connectivity index (χ1v) is 6.91. The topological polar surface area (TPSA) is 52.6 Å². The Morgan fingerprint density at radius 2 is 1.88 bits per heavy atom. The van der Waals surface area contributed by atoms with Gasteiger partial charge in [-0.25, -0.2) is 0 Å². The van der Waals surface area contributed by atoms with Crippen LogP contribution in [0.15, 0.2) is 23.5 Å². The molecule has 0 bridgehead atoms. The number of hydrogen-bond donors (Lipinski definition) is 0. The van der Waals surface area contributed by atoms with Crippen LogP contribution < -0.4 is 0 Å². The second-order valence-electron chi connectivity index (χ2n) is 3.33. The zero-order valence-corrected chi connectivity index (χ0v) is 10.6. The predicted octanol–water partition coefficient (Wildman–Crippen LogP) is 3.06. The molecule has 0 heterocycles. The van der Waals surface area contributed by atoms with Gasteiger partial charge in [-0.05, 0) is 25.8 Å². The van der Waals surface area contributed by atoms with Crippen LogP contribution in [-0.4, -0.2) is 19.0 Å². The van der Waals surface area contributed by atoms with Crippen LogP contribution in [0.2, 0.25) is 0 Å². The standard InChI is InChI=1S/C11H17O4P/c1-4-9-7-8-10(12)11(9)16(13,14-5-2)15-6-3/h4H,1,5-8H2,2-3H3. The fourth-order valence-electron chi connectivity index (χ4n) is 1.70. The Hall–Kier alpha value is -0.700. The van der Waals surface area contributed by atoms with E-state index in [9.17, 15) is 9.36 Å². The monoisotopic (exact) mass is 244 g/mol. The maximum Gasteiger partial charge on any atom is 0.365 e. The highest BCUT2D eigenvalue weighted by molar-refractivity contribution is 7.60. The van der Waals surface area contributed by atoms with Crippen LogP contribution in [0.1, 0.15) is 26.7 Å². The number of Topliss-reactive ketones (excluding diaryl/α,β-unsaturated/α-hetero) is 1. The Labute approximate surface area is 95.9 Å². The van der Waals surface area contributed by atoms with Crippen molar-refractivity contribution in [1.82, 2.24) is 0 Å². The molecule has 0 saturated heterocycles. The Morgan fingerprint density at radius 1 is 1.31 bits per heavy atom. The maximum atomic E-state index is 12.4. The minimum absolute atomic E-state index is 0.153. The van der Waals surface area contributed by atoms with Crippen molar-refractivity contribution in [3.63, 3.8) is 0 Å². The van der Waals surface area contributed by atoms with Gasteiger partial charge in [-0.2, -0.15) is 0 Å². The molecule has 0 aliphatic heterocycles. The molecule has 0 aromatic carbocycles. The molecular weight excluding hydrogens is 227 g/mol. The van der Waals surface area contributed by atoms with E-state index in [0.29, 0.717) is 18.4 Å². The number of hydrogen-bond acceptors (Lipinski definition) is 4. The molecular formula is C11H17O4P. The summed E-state index contributed by atoms with van der Waals surface area (Å²) in [6.45, 7) is 7.56. The highest BCUT2D eigenvalue weighted by Crippen LogP contribution is 2.59. The predicted molar refractivity (Wildman–Crippen MR) is 62.3 cm³/mol. The van der Waals surface area contributed by atoms with E-state index < -0.39 is 7.60 Å². The summed E-state index contributed by atoms with van der Waals surface area (Å²) >= 11 is 0. The summed E-state index contributed by atoms with van der Waals surface area (Å²) in [5.74, 6) is -0.153. The van der Waals surface area contributed by atoms with Crippen LogP contribution in [0.4, 0.5) is 0 Å². The first kappa shape index (κ1) is 13.4. The van der Waals surface area contributed by atoms with Gasteiger partial charge in [0.25, 0.3) is 0 Å². The highest BCUT2D eigenvalue weighted by Gasteiger charge is 2.39. The molecule has 0 aromatic rings. The van der Waals surface area contributed by atoms with E-state index in [4.69, 9.17) is 9.05 Å². The zero-order chi connectivity index (χ0) is 12.2. The highest BCUT2D eigenvalue weighted by atomic mass is 31.2. The van der Waals surface area contributed by atoms with Crippen LogP contribution in [-0.2, 0) is 18.4 Å². The lowest BCUT2D eigenvalue weighted by molar-refractivity contribution is -0.114. The lowest BCUT2D eigenvalue weighted by Crippen LogP contribution is -2.04.